The van der Waals surface area contributed by atoms with Crippen molar-refractivity contribution in [3.63, 3.8) is 0 Å². The van der Waals surface area contributed by atoms with Gasteiger partial charge in [0.1, 0.15) is 13.2 Å². The number of rotatable bonds is 8. The summed E-state index contributed by atoms with van der Waals surface area (Å²) in [6.45, 7) is 0.680. The summed E-state index contributed by atoms with van der Waals surface area (Å²) in [4.78, 5) is 23.4. The lowest BCUT2D eigenvalue weighted by atomic mass is 9.73. The van der Waals surface area contributed by atoms with Crippen LogP contribution in [0.1, 0.15) is 31.2 Å². The molecule has 146 valence electrons. The van der Waals surface area contributed by atoms with Gasteiger partial charge < -0.3 is 23.7 Å². The number of carbonyl (C=O) groups is 2. The molecule has 27 heavy (non-hydrogen) atoms. The van der Waals surface area contributed by atoms with Gasteiger partial charge >= 0.3 is 11.9 Å². The molecule has 1 aliphatic rings. The Labute approximate surface area is 157 Å². The van der Waals surface area contributed by atoms with Crippen LogP contribution in [0.15, 0.2) is 12.1 Å². The maximum absolute atomic E-state index is 11.7. The van der Waals surface area contributed by atoms with Crippen LogP contribution in [0.4, 0.5) is 0 Å². The van der Waals surface area contributed by atoms with Crippen molar-refractivity contribution in [3.05, 3.63) is 17.7 Å². The molecule has 0 spiro atoms. The Morgan fingerprint density at radius 2 is 1.59 bits per heavy atom. The minimum absolute atomic E-state index is 0.0207. The van der Waals surface area contributed by atoms with Gasteiger partial charge in [-0.05, 0) is 25.0 Å². The summed E-state index contributed by atoms with van der Waals surface area (Å²) in [7, 11) is 4.09. The number of methoxy groups -OCH3 is 3. The largest absolute Gasteiger partial charge is 0.493 e. The van der Waals surface area contributed by atoms with Gasteiger partial charge in [-0.2, -0.15) is 5.26 Å². The topological polar surface area (TPSA) is 104 Å². The average molecular weight is 377 g/mol. The highest BCUT2D eigenvalue weighted by Crippen LogP contribution is 2.48. The number of ether oxygens (including phenoxy) is 5. The van der Waals surface area contributed by atoms with Crippen molar-refractivity contribution in [2.24, 2.45) is 0 Å². The van der Waals surface area contributed by atoms with E-state index in [1.54, 1.807) is 12.1 Å². The zero-order chi connectivity index (χ0) is 19.9. The molecule has 1 aromatic carbocycles. The standard InChI is InChI=1S/C19H23NO7/c1-23-14-5-4-13(17-18(14)27-11-10-26-17)19(12-20,8-6-15(21)24-2)9-7-16(22)25-3/h4-5H,6-11H2,1-3H3. The third-order valence-electron chi connectivity index (χ3n) is 4.57. The average Bonchev–Trinajstić information content (AvgIpc) is 2.73. The number of hydrogen-bond acceptors (Lipinski definition) is 8. The molecule has 0 saturated heterocycles. The Kier molecular flexibility index (Phi) is 6.88. The van der Waals surface area contributed by atoms with Crippen LogP contribution in [0, 0.1) is 11.3 Å². The van der Waals surface area contributed by atoms with Gasteiger partial charge in [-0.3, -0.25) is 9.59 Å². The molecule has 8 nitrogen and oxygen atoms in total. The molecule has 0 N–H and O–H groups in total. The number of hydrogen-bond donors (Lipinski definition) is 0. The zero-order valence-electron chi connectivity index (χ0n) is 15.7. The Morgan fingerprint density at radius 1 is 1.04 bits per heavy atom. The van der Waals surface area contributed by atoms with Crippen LogP contribution in [0.3, 0.4) is 0 Å². The number of esters is 2. The molecule has 0 radical (unpaired) electrons. The molecule has 1 heterocycles. The van der Waals surface area contributed by atoms with Gasteiger partial charge in [-0.25, -0.2) is 0 Å². The third-order valence-corrected chi connectivity index (χ3v) is 4.57. The van der Waals surface area contributed by atoms with Crippen LogP contribution in [-0.2, 0) is 24.5 Å². The first kappa shape index (κ1) is 20.4. The minimum atomic E-state index is -1.15. The van der Waals surface area contributed by atoms with Gasteiger partial charge in [0, 0.05) is 18.4 Å². The summed E-state index contributed by atoms with van der Waals surface area (Å²) in [5, 5.41) is 10.0. The lowest BCUT2D eigenvalue weighted by molar-refractivity contribution is -0.141. The van der Waals surface area contributed by atoms with Crippen LogP contribution in [-0.4, -0.2) is 46.5 Å². The highest BCUT2D eigenvalue weighted by molar-refractivity contribution is 5.71. The summed E-state index contributed by atoms with van der Waals surface area (Å²) in [5.41, 5.74) is -0.604. The summed E-state index contributed by atoms with van der Waals surface area (Å²) in [5.74, 6) is 0.426. The van der Waals surface area contributed by atoms with Gasteiger partial charge in [0.25, 0.3) is 0 Å². The first-order valence-electron chi connectivity index (χ1n) is 8.53. The van der Waals surface area contributed by atoms with E-state index in [-0.39, 0.29) is 25.7 Å². The molecule has 0 aromatic heterocycles. The molecule has 0 aliphatic carbocycles. The lowest BCUT2D eigenvalue weighted by Crippen LogP contribution is -2.29. The second-order valence-corrected chi connectivity index (χ2v) is 6.02. The van der Waals surface area contributed by atoms with E-state index in [9.17, 15) is 14.9 Å². The molecule has 0 saturated carbocycles. The Hall–Kier alpha value is -2.95. The van der Waals surface area contributed by atoms with E-state index >= 15 is 0 Å². The van der Waals surface area contributed by atoms with E-state index < -0.39 is 17.4 Å². The quantitative estimate of drug-likeness (QED) is 0.635. The van der Waals surface area contributed by atoms with E-state index in [0.717, 1.165) is 0 Å². The van der Waals surface area contributed by atoms with E-state index in [2.05, 4.69) is 6.07 Å². The summed E-state index contributed by atoms with van der Waals surface area (Å²) < 4.78 is 26.2. The molecule has 0 bridgehead atoms. The number of carbonyl (C=O) groups excluding carboxylic acids is 2. The van der Waals surface area contributed by atoms with Gasteiger partial charge in [0.15, 0.2) is 11.5 Å². The molecule has 0 unspecified atom stereocenters. The van der Waals surface area contributed by atoms with Gasteiger partial charge in [0.2, 0.25) is 5.75 Å². The zero-order valence-corrected chi connectivity index (χ0v) is 15.7. The van der Waals surface area contributed by atoms with Crippen LogP contribution in [0.25, 0.3) is 0 Å². The number of nitriles is 1. The minimum Gasteiger partial charge on any atom is -0.493 e. The van der Waals surface area contributed by atoms with Crippen molar-refractivity contribution in [3.8, 4) is 23.3 Å². The number of benzene rings is 1. The molecule has 8 heteroatoms. The van der Waals surface area contributed by atoms with Crippen molar-refractivity contribution in [2.45, 2.75) is 31.1 Å². The predicted molar refractivity (Wildman–Crippen MR) is 93.8 cm³/mol. The first-order valence-corrected chi connectivity index (χ1v) is 8.53. The molecular formula is C19H23NO7. The van der Waals surface area contributed by atoms with Crippen molar-refractivity contribution >= 4 is 11.9 Å². The second-order valence-electron chi connectivity index (χ2n) is 6.02. The van der Waals surface area contributed by atoms with Crippen LogP contribution >= 0.6 is 0 Å². The maximum atomic E-state index is 11.7. The van der Waals surface area contributed by atoms with E-state index in [1.807, 2.05) is 0 Å². The van der Waals surface area contributed by atoms with E-state index in [4.69, 9.17) is 23.7 Å². The third kappa shape index (κ3) is 4.42. The Bertz CT molecular complexity index is 718. The second kappa shape index (κ2) is 9.12. The van der Waals surface area contributed by atoms with Gasteiger partial charge in [0.05, 0.1) is 32.8 Å². The normalized spacial score (nSPS) is 12.7. The van der Waals surface area contributed by atoms with E-state index in [0.29, 0.717) is 36.0 Å². The fraction of sp³-hybridized carbons (Fsp3) is 0.526. The van der Waals surface area contributed by atoms with Crippen LogP contribution in [0.5, 0.6) is 17.2 Å². The van der Waals surface area contributed by atoms with Crippen molar-refractivity contribution in [1.29, 1.82) is 5.26 Å². The summed E-state index contributed by atoms with van der Waals surface area (Å²) in [6.07, 6.45) is 0.365. The molecule has 1 aromatic rings. The predicted octanol–water partition coefficient (Wildman–Crippen LogP) is 2.13. The fourth-order valence-corrected chi connectivity index (χ4v) is 3.05. The van der Waals surface area contributed by atoms with Crippen LogP contribution in [0.2, 0.25) is 0 Å². The maximum Gasteiger partial charge on any atom is 0.305 e. The highest BCUT2D eigenvalue weighted by Gasteiger charge is 2.39. The Balaban J connectivity index is 2.50. The summed E-state index contributed by atoms with van der Waals surface area (Å²) >= 11 is 0. The number of fused-ring (bicyclic) bond motifs is 1. The van der Waals surface area contributed by atoms with Gasteiger partial charge in [-0.15, -0.1) is 0 Å². The number of nitrogens with zero attached hydrogens (tertiary/aromatic N) is 1. The lowest BCUT2D eigenvalue weighted by Gasteiger charge is -2.31. The molecular weight excluding hydrogens is 354 g/mol. The smallest absolute Gasteiger partial charge is 0.305 e. The molecule has 0 amide bonds. The van der Waals surface area contributed by atoms with Gasteiger partial charge in [-0.1, -0.05) is 0 Å². The fourth-order valence-electron chi connectivity index (χ4n) is 3.05. The van der Waals surface area contributed by atoms with Crippen molar-refractivity contribution < 1.29 is 33.3 Å². The summed E-state index contributed by atoms with van der Waals surface area (Å²) in [6, 6.07) is 5.68. The highest BCUT2D eigenvalue weighted by atomic mass is 16.6. The Morgan fingerprint density at radius 3 is 2.07 bits per heavy atom. The SMILES string of the molecule is COC(=O)CCC(C#N)(CCC(=O)OC)c1ccc(OC)c2c1OCCO2. The van der Waals surface area contributed by atoms with E-state index in [1.165, 1.54) is 21.3 Å². The first-order chi connectivity index (χ1) is 13.0. The monoisotopic (exact) mass is 377 g/mol. The molecule has 0 fully saturated rings. The van der Waals surface area contributed by atoms with Crippen molar-refractivity contribution in [2.75, 3.05) is 34.5 Å². The molecule has 2 rings (SSSR count). The molecule has 0 atom stereocenters. The molecule has 1 aliphatic heterocycles. The van der Waals surface area contributed by atoms with Crippen LogP contribution < -0.4 is 14.2 Å². The van der Waals surface area contributed by atoms with Crippen molar-refractivity contribution in [1.82, 2.24) is 0 Å².